The zero-order valence-corrected chi connectivity index (χ0v) is 17.2. The third-order valence-corrected chi connectivity index (χ3v) is 5.49. The van der Waals surface area contributed by atoms with E-state index in [1.807, 2.05) is 12.1 Å². The Balaban J connectivity index is 1.43. The molecule has 2 N–H and O–H groups in total. The third-order valence-electron chi connectivity index (χ3n) is 5.49. The summed E-state index contributed by atoms with van der Waals surface area (Å²) in [5.41, 5.74) is 1.15. The first-order chi connectivity index (χ1) is 14.2. The summed E-state index contributed by atoms with van der Waals surface area (Å²) in [5, 5.41) is 5.74. The molecule has 1 aliphatic rings. The molecule has 1 aliphatic carbocycles. The van der Waals surface area contributed by atoms with Crippen LogP contribution >= 0.6 is 0 Å². The number of hydrogen-bond donors (Lipinski definition) is 2. The molecule has 154 valence electrons. The lowest BCUT2D eigenvalue weighted by Gasteiger charge is -2.08. The lowest BCUT2D eigenvalue weighted by Crippen LogP contribution is -2.16. The van der Waals surface area contributed by atoms with Crippen LogP contribution in [0, 0.1) is 11.8 Å². The Morgan fingerprint density at radius 3 is 2.62 bits per heavy atom. The highest BCUT2D eigenvalue weighted by atomic mass is 16.2. The van der Waals surface area contributed by atoms with Crippen LogP contribution in [-0.4, -0.2) is 16.8 Å². The zero-order valence-electron chi connectivity index (χ0n) is 17.2. The minimum atomic E-state index is -0.243. The maximum absolute atomic E-state index is 12.5. The highest BCUT2D eigenvalue weighted by molar-refractivity contribution is 6.05. The standard InChI is InChI=1S/C24H31N3O2/c1-2-3-4-5-6-7-11-18-17-21(18)24(29)26-20-13-10-12-19(16-20)23(28)27-22-14-8-9-15-25-22/h8-10,12-16,18,21H,2-7,11,17H2,1H3,(H,26,29)(H,25,27,28)/t18-,21-/m0/s1. The maximum Gasteiger partial charge on any atom is 0.256 e. The van der Waals surface area contributed by atoms with Crippen LogP contribution < -0.4 is 10.6 Å². The largest absolute Gasteiger partial charge is 0.326 e. The molecule has 1 aromatic carbocycles. The van der Waals surface area contributed by atoms with Crippen LogP contribution in [0.2, 0.25) is 0 Å². The average molecular weight is 394 g/mol. The van der Waals surface area contributed by atoms with Gasteiger partial charge in [0, 0.05) is 23.4 Å². The van der Waals surface area contributed by atoms with Crippen molar-refractivity contribution < 1.29 is 9.59 Å². The van der Waals surface area contributed by atoms with Crippen LogP contribution in [0.4, 0.5) is 11.5 Å². The number of amides is 2. The van der Waals surface area contributed by atoms with E-state index in [2.05, 4.69) is 22.5 Å². The predicted molar refractivity (Wildman–Crippen MR) is 117 cm³/mol. The second-order valence-corrected chi connectivity index (χ2v) is 7.90. The second kappa shape index (κ2) is 10.7. The summed E-state index contributed by atoms with van der Waals surface area (Å²) in [4.78, 5) is 29.0. The van der Waals surface area contributed by atoms with Gasteiger partial charge in [0.15, 0.2) is 0 Å². The number of aromatic nitrogens is 1. The molecule has 3 rings (SSSR count). The number of hydrogen-bond acceptors (Lipinski definition) is 3. The molecule has 1 fully saturated rings. The topological polar surface area (TPSA) is 71.1 Å². The Labute approximate surface area is 173 Å². The smallest absolute Gasteiger partial charge is 0.256 e. The van der Waals surface area contributed by atoms with Crippen LogP contribution in [0.1, 0.15) is 68.6 Å². The highest BCUT2D eigenvalue weighted by Gasteiger charge is 2.42. The van der Waals surface area contributed by atoms with E-state index < -0.39 is 0 Å². The van der Waals surface area contributed by atoms with Crippen molar-refractivity contribution in [2.45, 2.75) is 58.3 Å². The fourth-order valence-corrected chi connectivity index (χ4v) is 3.67. The van der Waals surface area contributed by atoms with Crippen LogP contribution in [0.15, 0.2) is 48.7 Å². The Kier molecular flexibility index (Phi) is 7.79. The summed E-state index contributed by atoms with van der Waals surface area (Å²) < 4.78 is 0. The molecule has 0 bridgehead atoms. The number of benzene rings is 1. The van der Waals surface area contributed by atoms with Gasteiger partial charge in [0.1, 0.15) is 5.82 Å². The van der Waals surface area contributed by atoms with Crippen molar-refractivity contribution in [2.75, 3.05) is 10.6 Å². The van der Waals surface area contributed by atoms with Crippen molar-refractivity contribution in [2.24, 2.45) is 11.8 Å². The molecule has 1 saturated carbocycles. The SMILES string of the molecule is CCCCCCCC[C@H]1C[C@@H]1C(=O)Nc1cccc(C(=O)Nc2ccccn2)c1. The number of pyridine rings is 1. The number of unbranched alkanes of at least 4 members (excludes halogenated alkanes) is 5. The molecule has 0 radical (unpaired) electrons. The van der Waals surface area contributed by atoms with Gasteiger partial charge in [0.25, 0.3) is 5.91 Å². The van der Waals surface area contributed by atoms with E-state index >= 15 is 0 Å². The molecule has 1 heterocycles. The van der Waals surface area contributed by atoms with Gasteiger partial charge in [-0.3, -0.25) is 9.59 Å². The number of nitrogens with zero attached hydrogens (tertiary/aromatic N) is 1. The van der Waals surface area contributed by atoms with Crippen molar-refractivity contribution in [1.29, 1.82) is 0 Å². The fourth-order valence-electron chi connectivity index (χ4n) is 3.67. The molecule has 2 aromatic rings. The lowest BCUT2D eigenvalue weighted by atomic mass is 10.1. The van der Waals surface area contributed by atoms with Gasteiger partial charge in [-0.05, 0) is 49.1 Å². The summed E-state index contributed by atoms with van der Waals surface area (Å²) in [6.45, 7) is 2.23. The van der Waals surface area contributed by atoms with Gasteiger partial charge in [-0.25, -0.2) is 4.98 Å². The Bertz CT molecular complexity index is 807. The fraction of sp³-hybridized carbons (Fsp3) is 0.458. The van der Waals surface area contributed by atoms with Gasteiger partial charge < -0.3 is 10.6 Å². The summed E-state index contributed by atoms with van der Waals surface area (Å²) in [6.07, 6.45) is 11.5. The first-order valence-electron chi connectivity index (χ1n) is 10.8. The van der Waals surface area contributed by atoms with Crippen molar-refractivity contribution in [3.8, 4) is 0 Å². The number of carbonyl (C=O) groups excluding carboxylic acids is 2. The summed E-state index contributed by atoms with van der Waals surface area (Å²) in [7, 11) is 0. The van der Waals surface area contributed by atoms with Crippen molar-refractivity contribution >= 4 is 23.3 Å². The molecule has 2 amide bonds. The monoisotopic (exact) mass is 393 g/mol. The Morgan fingerprint density at radius 2 is 1.83 bits per heavy atom. The predicted octanol–water partition coefficient (Wildman–Crippen LogP) is 5.66. The normalized spacial score (nSPS) is 17.6. The van der Waals surface area contributed by atoms with Crippen LogP contribution in [0.5, 0.6) is 0 Å². The average Bonchev–Trinajstić information content (AvgIpc) is 3.51. The first kappa shape index (κ1) is 21.0. The van der Waals surface area contributed by atoms with Crippen molar-refractivity contribution in [3.63, 3.8) is 0 Å². The minimum Gasteiger partial charge on any atom is -0.326 e. The van der Waals surface area contributed by atoms with Crippen LogP contribution in [-0.2, 0) is 4.79 Å². The summed E-state index contributed by atoms with van der Waals surface area (Å²) in [6, 6.07) is 12.4. The molecule has 0 aliphatic heterocycles. The zero-order chi connectivity index (χ0) is 20.5. The number of rotatable bonds is 11. The minimum absolute atomic E-state index is 0.0725. The summed E-state index contributed by atoms with van der Waals surface area (Å²) >= 11 is 0. The number of nitrogens with one attached hydrogen (secondary N) is 2. The molecule has 0 saturated heterocycles. The van der Waals surface area contributed by atoms with Crippen LogP contribution in [0.3, 0.4) is 0 Å². The maximum atomic E-state index is 12.5. The van der Waals surface area contributed by atoms with E-state index in [-0.39, 0.29) is 17.7 Å². The van der Waals surface area contributed by atoms with Gasteiger partial charge in [0.2, 0.25) is 5.91 Å². The Hall–Kier alpha value is -2.69. The molecular weight excluding hydrogens is 362 g/mol. The molecule has 0 spiro atoms. The van der Waals surface area contributed by atoms with E-state index in [9.17, 15) is 9.59 Å². The molecule has 5 heteroatoms. The summed E-state index contributed by atoms with van der Waals surface area (Å²) in [5.74, 6) is 0.978. The van der Waals surface area contributed by atoms with E-state index in [4.69, 9.17) is 0 Å². The molecular formula is C24H31N3O2. The number of anilines is 2. The second-order valence-electron chi connectivity index (χ2n) is 7.90. The quantitative estimate of drug-likeness (QED) is 0.484. The molecule has 5 nitrogen and oxygen atoms in total. The van der Waals surface area contributed by atoms with E-state index in [0.717, 1.165) is 12.8 Å². The first-order valence-corrected chi connectivity index (χ1v) is 10.8. The van der Waals surface area contributed by atoms with E-state index in [1.165, 1.54) is 38.5 Å². The van der Waals surface area contributed by atoms with Gasteiger partial charge in [0.05, 0.1) is 0 Å². The third kappa shape index (κ3) is 6.70. The van der Waals surface area contributed by atoms with E-state index in [1.54, 1.807) is 36.5 Å². The van der Waals surface area contributed by atoms with Crippen molar-refractivity contribution in [3.05, 3.63) is 54.2 Å². The molecule has 1 aromatic heterocycles. The molecule has 0 unspecified atom stereocenters. The highest BCUT2D eigenvalue weighted by Crippen LogP contribution is 2.43. The Morgan fingerprint density at radius 1 is 1.00 bits per heavy atom. The van der Waals surface area contributed by atoms with Gasteiger partial charge in [-0.15, -0.1) is 0 Å². The van der Waals surface area contributed by atoms with Gasteiger partial charge in [-0.1, -0.05) is 57.6 Å². The number of carbonyl (C=O) groups is 2. The van der Waals surface area contributed by atoms with Gasteiger partial charge >= 0.3 is 0 Å². The van der Waals surface area contributed by atoms with Crippen molar-refractivity contribution in [1.82, 2.24) is 4.98 Å². The van der Waals surface area contributed by atoms with Gasteiger partial charge in [-0.2, -0.15) is 0 Å². The van der Waals surface area contributed by atoms with Crippen LogP contribution in [0.25, 0.3) is 0 Å². The molecule has 29 heavy (non-hydrogen) atoms. The van der Waals surface area contributed by atoms with E-state index in [0.29, 0.717) is 23.0 Å². The molecule has 2 atom stereocenters. The lowest BCUT2D eigenvalue weighted by molar-refractivity contribution is -0.117.